The molecular formula is C14H23NO. The molecule has 0 spiro atoms. The molecule has 1 aromatic carbocycles. The number of hydrogen-bond acceptors (Lipinski definition) is 2. The molecule has 0 amide bonds. The molecule has 1 unspecified atom stereocenters. The van der Waals surface area contributed by atoms with E-state index >= 15 is 0 Å². The number of nitrogens with two attached hydrogens (primary N) is 1. The van der Waals surface area contributed by atoms with Crippen molar-refractivity contribution in [1.29, 1.82) is 0 Å². The number of benzene rings is 1. The molecule has 0 aliphatic rings. The van der Waals surface area contributed by atoms with Crippen LogP contribution in [0.3, 0.4) is 0 Å². The van der Waals surface area contributed by atoms with Gasteiger partial charge in [-0.25, -0.2) is 0 Å². The van der Waals surface area contributed by atoms with Crippen molar-refractivity contribution in [2.75, 3.05) is 13.7 Å². The van der Waals surface area contributed by atoms with Gasteiger partial charge < -0.3 is 10.5 Å². The largest absolute Gasteiger partial charge is 0.496 e. The normalized spacial score (nSPS) is 12.9. The summed E-state index contributed by atoms with van der Waals surface area (Å²) in [6, 6.07) is 6.37. The summed E-state index contributed by atoms with van der Waals surface area (Å²) in [7, 11) is 1.71. The minimum absolute atomic E-state index is 0.563. The molecule has 0 fully saturated rings. The molecule has 0 saturated carbocycles. The Balaban J connectivity index is 2.78. The monoisotopic (exact) mass is 221 g/mol. The summed E-state index contributed by atoms with van der Waals surface area (Å²) in [5, 5.41) is 0. The maximum atomic E-state index is 5.79. The Hall–Kier alpha value is -1.02. The number of ether oxygens (including phenoxy) is 1. The van der Waals surface area contributed by atoms with E-state index in [2.05, 4.69) is 32.9 Å². The zero-order chi connectivity index (χ0) is 12.1. The number of rotatable bonds is 5. The predicted molar refractivity (Wildman–Crippen MR) is 68.8 cm³/mol. The third-order valence-electron chi connectivity index (χ3n) is 3.20. The Kier molecular flexibility index (Phi) is 4.81. The van der Waals surface area contributed by atoms with Crippen LogP contribution in [0.5, 0.6) is 5.75 Å². The molecule has 2 N–H and O–H groups in total. The molecule has 0 heterocycles. The standard InChI is InChI=1S/C14H23NO/c1-10(2)13(9-15)8-12-5-6-14(16-4)11(3)7-12/h5-7,10,13H,8-9,15H2,1-4H3. The minimum atomic E-state index is 0.563. The van der Waals surface area contributed by atoms with Crippen LogP contribution >= 0.6 is 0 Å². The van der Waals surface area contributed by atoms with E-state index in [1.807, 2.05) is 6.07 Å². The maximum absolute atomic E-state index is 5.79. The van der Waals surface area contributed by atoms with Gasteiger partial charge in [-0.05, 0) is 48.9 Å². The maximum Gasteiger partial charge on any atom is 0.121 e. The Bertz CT molecular complexity index is 334. The van der Waals surface area contributed by atoms with Crippen LogP contribution in [0.15, 0.2) is 18.2 Å². The second-order valence-electron chi connectivity index (χ2n) is 4.75. The quantitative estimate of drug-likeness (QED) is 0.829. The number of aryl methyl sites for hydroxylation is 1. The van der Waals surface area contributed by atoms with Crippen molar-refractivity contribution in [2.24, 2.45) is 17.6 Å². The Labute approximate surface area is 98.8 Å². The summed E-state index contributed by atoms with van der Waals surface area (Å²) in [5.74, 6) is 2.15. The molecule has 2 heteroatoms. The zero-order valence-electron chi connectivity index (χ0n) is 10.8. The minimum Gasteiger partial charge on any atom is -0.496 e. The van der Waals surface area contributed by atoms with Crippen LogP contribution in [0.1, 0.15) is 25.0 Å². The van der Waals surface area contributed by atoms with E-state index in [-0.39, 0.29) is 0 Å². The molecule has 90 valence electrons. The third-order valence-corrected chi connectivity index (χ3v) is 3.20. The molecule has 0 bridgehead atoms. The lowest BCUT2D eigenvalue weighted by molar-refractivity contribution is 0.390. The van der Waals surface area contributed by atoms with Crippen LogP contribution in [-0.2, 0) is 6.42 Å². The zero-order valence-corrected chi connectivity index (χ0v) is 10.8. The van der Waals surface area contributed by atoms with E-state index in [1.165, 1.54) is 11.1 Å². The van der Waals surface area contributed by atoms with Gasteiger partial charge in [0, 0.05) is 0 Å². The van der Waals surface area contributed by atoms with E-state index in [1.54, 1.807) is 7.11 Å². The van der Waals surface area contributed by atoms with Gasteiger partial charge in [0.05, 0.1) is 7.11 Å². The van der Waals surface area contributed by atoms with Gasteiger partial charge >= 0.3 is 0 Å². The van der Waals surface area contributed by atoms with Gasteiger partial charge in [0.25, 0.3) is 0 Å². The molecule has 0 radical (unpaired) electrons. The SMILES string of the molecule is COc1ccc(CC(CN)C(C)C)cc1C. The smallest absolute Gasteiger partial charge is 0.121 e. The first-order chi connectivity index (χ1) is 7.58. The summed E-state index contributed by atoms with van der Waals surface area (Å²) in [5.41, 5.74) is 8.33. The molecule has 0 saturated heterocycles. The highest BCUT2D eigenvalue weighted by Crippen LogP contribution is 2.22. The van der Waals surface area contributed by atoms with Crippen LogP contribution in [-0.4, -0.2) is 13.7 Å². The van der Waals surface area contributed by atoms with Gasteiger partial charge in [0.15, 0.2) is 0 Å². The number of methoxy groups -OCH3 is 1. The Morgan fingerprint density at radius 2 is 2.00 bits per heavy atom. The van der Waals surface area contributed by atoms with Crippen molar-refractivity contribution in [1.82, 2.24) is 0 Å². The van der Waals surface area contributed by atoms with Crippen molar-refractivity contribution < 1.29 is 4.74 Å². The van der Waals surface area contributed by atoms with Crippen LogP contribution in [0, 0.1) is 18.8 Å². The Morgan fingerprint density at radius 1 is 1.31 bits per heavy atom. The summed E-state index contributed by atoms with van der Waals surface area (Å²) >= 11 is 0. The summed E-state index contributed by atoms with van der Waals surface area (Å²) in [6.45, 7) is 7.29. The topological polar surface area (TPSA) is 35.2 Å². The molecule has 1 aromatic rings. The van der Waals surface area contributed by atoms with Crippen LogP contribution < -0.4 is 10.5 Å². The van der Waals surface area contributed by atoms with E-state index in [0.29, 0.717) is 11.8 Å². The lowest BCUT2D eigenvalue weighted by atomic mass is 9.89. The van der Waals surface area contributed by atoms with Crippen LogP contribution in [0.2, 0.25) is 0 Å². The van der Waals surface area contributed by atoms with Crippen molar-refractivity contribution >= 4 is 0 Å². The fourth-order valence-corrected chi connectivity index (χ4v) is 1.96. The molecule has 16 heavy (non-hydrogen) atoms. The average molecular weight is 221 g/mol. The lowest BCUT2D eigenvalue weighted by Crippen LogP contribution is -2.22. The highest BCUT2D eigenvalue weighted by atomic mass is 16.5. The first-order valence-electron chi connectivity index (χ1n) is 5.92. The summed E-state index contributed by atoms with van der Waals surface area (Å²) < 4.78 is 5.25. The van der Waals surface area contributed by atoms with E-state index in [4.69, 9.17) is 10.5 Å². The van der Waals surface area contributed by atoms with Crippen LogP contribution in [0.4, 0.5) is 0 Å². The summed E-state index contributed by atoms with van der Waals surface area (Å²) in [6.07, 6.45) is 1.05. The fourth-order valence-electron chi connectivity index (χ4n) is 1.96. The second-order valence-corrected chi connectivity index (χ2v) is 4.75. The molecule has 2 nitrogen and oxygen atoms in total. The summed E-state index contributed by atoms with van der Waals surface area (Å²) in [4.78, 5) is 0. The first kappa shape index (κ1) is 13.0. The molecular weight excluding hydrogens is 198 g/mol. The van der Waals surface area contributed by atoms with Gasteiger partial charge in [-0.15, -0.1) is 0 Å². The highest BCUT2D eigenvalue weighted by molar-refractivity contribution is 5.36. The third kappa shape index (κ3) is 3.24. The lowest BCUT2D eigenvalue weighted by Gasteiger charge is -2.19. The van der Waals surface area contributed by atoms with Crippen molar-refractivity contribution in [2.45, 2.75) is 27.2 Å². The van der Waals surface area contributed by atoms with Crippen molar-refractivity contribution in [3.63, 3.8) is 0 Å². The first-order valence-corrected chi connectivity index (χ1v) is 5.92. The molecule has 0 aliphatic carbocycles. The van der Waals surface area contributed by atoms with Gasteiger partial charge in [0.1, 0.15) is 5.75 Å². The van der Waals surface area contributed by atoms with E-state index < -0.39 is 0 Å². The second kappa shape index (κ2) is 5.90. The molecule has 0 aromatic heterocycles. The van der Waals surface area contributed by atoms with E-state index in [9.17, 15) is 0 Å². The van der Waals surface area contributed by atoms with Crippen LogP contribution in [0.25, 0.3) is 0 Å². The predicted octanol–water partition coefficient (Wildman–Crippen LogP) is 2.78. The Morgan fingerprint density at radius 3 is 2.44 bits per heavy atom. The van der Waals surface area contributed by atoms with Gasteiger partial charge in [0.2, 0.25) is 0 Å². The number of hydrogen-bond donors (Lipinski definition) is 1. The fraction of sp³-hybridized carbons (Fsp3) is 0.571. The van der Waals surface area contributed by atoms with Gasteiger partial charge in [-0.3, -0.25) is 0 Å². The van der Waals surface area contributed by atoms with Gasteiger partial charge in [-0.2, -0.15) is 0 Å². The van der Waals surface area contributed by atoms with Crippen molar-refractivity contribution in [3.8, 4) is 5.75 Å². The molecule has 0 aliphatic heterocycles. The highest BCUT2D eigenvalue weighted by Gasteiger charge is 2.12. The van der Waals surface area contributed by atoms with E-state index in [0.717, 1.165) is 18.7 Å². The molecule has 1 rings (SSSR count). The average Bonchev–Trinajstić information content (AvgIpc) is 2.25. The molecule has 1 atom stereocenters. The van der Waals surface area contributed by atoms with Crippen molar-refractivity contribution in [3.05, 3.63) is 29.3 Å². The van der Waals surface area contributed by atoms with Gasteiger partial charge in [-0.1, -0.05) is 26.0 Å².